The summed E-state index contributed by atoms with van der Waals surface area (Å²) in [4.78, 5) is 26.6. The molecule has 0 N–H and O–H groups in total. The van der Waals surface area contributed by atoms with Gasteiger partial charge in [-0.2, -0.15) is 4.98 Å². The van der Waals surface area contributed by atoms with Crippen LogP contribution >= 0.6 is 11.3 Å². The van der Waals surface area contributed by atoms with Crippen LogP contribution in [-0.2, 0) is 6.42 Å². The SMILES string of the molecule is Cc1ccc(C(=O)N2CCN(CCCc3nc(-c4cccs4)no3)CC2)cn1. The fourth-order valence-corrected chi connectivity index (χ4v) is 3.92. The molecule has 0 radical (unpaired) electrons. The number of piperazine rings is 1. The van der Waals surface area contributed by atoms with Gasteiger partial charge in [-0.1, -0.05) is 11.2 Å². The normalized spacial score (nSPS) is 15.1. The molecule has 8 heteroatoms. The predicted molar refractivity (Wildman–Crippen MR) is 107 cm³/mol. The number of aromatic nitrogens is 3. The predicted octanol–water partition coefficient (Wildman–Crippen LogP) is 2.89. The van der Waals surface area contributed by atoms with Crippen LogP contribution in [0.2, 0.25) is 0 Å². The number of hydrogen-bond donors (Lipinski definition) is 0. The van der Waals surface area contributed by atoms with Crippen molar-refractivity contribution in [2.75, 3.05) is 32.7 Å². The van der Waals surface area contributed by atoms with E-state index in [1.54, 1.807) is 17.5 Å². The van der Waals surface area contributed by atoms with Gasteiger partial charge in [0.15, 0.2) is 0 Å². The summed E-state index contributed by atoms with van der Waals surface area (Å²) in [6, 6.07) is 7.71. The van der Waals surface area contributed by atoms with Crippen molar-refractivity contribution in [3.8, 4) is 10.7 Å². The van der Waals surface area contributed by atoms with Crippen molar-refractivity contribution in [3.63, 3.8) is 0 Å². The van der Waals surface area contributed by atoms with Gasteiger partial charge >= 0.3 is 0 Å². The number of carbonyl (C=O) groups is 1. The molecule has 1 amide bonds. The molecule has 0 bridgehead atoms. The zero-order valence-corrected chi connectivity index (χ0v) is 16.7. The Morgan fingerprint density at radius 2 is 2.07 bits per heavy atom. The molecule has 3 aromatic heterocycles. The monoisotopic (exact) mass is 397 g/mol. The minimum absolute atomic E-state index is 0.0686. The molecule has 7 nitrogen and oxygen atoms in total. The van der Waals surface area contributed by atoms with Gasteiger partial charge < -0.3 is 9.42 Å². The van der Waals surface area contributed by atoms with Crippen LogP contribution in [0.25, 0.3) is 10.7 Å². The van der Waals surface area contributed by atoms with E-state index in [0.29, 0.717) is 17.3 Å². The summed E-state index contributed by atoms with van der Waals surface area (Å²) in [6.45, 7) is 6.14. The Hall–Kier alpha value is -2.58. The minimum Gasteiger partial charge on any atom is -0.339 e. The van der Waals surface area contributed by atoms with E-state index in [0.717, 1.165) is 56.1 Å². The number of rotatable bonds is 6. The van der Waals surface area contributed by atoms with E-state index in [1.807, 2.05) is 41.5 Å². The molecule has 1 aliphatic rings. The Labute approximate surface area is 168 Å². The summed E-state index contributed by atoms with van der Waals surface area (Å²) in [6.07, 6.45) is 3.40. The summed E-state index contributed by atoms with van der Waals surface area (Å²) in [7, 11) is 0. The van der Waals surface area contributed by atoms with Gasteiger partial charge in [0.1, 0.15) is 0 Å². The molecule has 0 spiro atoms. The average molecular weight is 398 g/mol. The van der Waals surface area contributed by atoms with Gasteiger partial charge in [0.05, 0.1) is 10.4 Å². The maximum absolute atomic E-state index is 12.6. The van der Waals surface area contributed by atoms with Crippen LogP contribution in [0.3, 0.4) is 0 Å². The third-order valence-corrected chi connectivity index (χ3v) is 5.76. The molecule has 0 atom stereocenters. The maximum atomic E-state index is 12.6. The van der Waals surface area contributed by atoms with E-state index in [2.05, 4.69) is 20.0 Å². The van der Waals surface area contributed by atoms with Gasteiger partial charge in [0.2, 0.25) is 11.7 Å². The molecule has 4 heterocycles. The Kier molecular flexibility index (Phi) is 5.78. The fraction of sp³-hybridized carbons (Fsp3) is 0.400. The lowest BCUT2D eigenvalue weighted by Crippen LogP contribution is -2.48. The quantitative estimate of drug-likeness (QED) is 0.637. The van der Waals surface area contributed by atoms with Gasteiger partial charge in [0, 0.05) is 44.5 Å². The van der Waals surface area contributed by atoms with Gasteiger partial charge in [-0.05, 0) is 43.5 Å². The van der Waals surface area contributed by atoms with Gasteiger partial charge in [-0.3, -0.25) is 14.7 Å². The first kappa shape index (κ1) is 18.8. The standard InChI is InChI=1S/C20H23N5O2S/c1-15-6-7-16(14-21-15)20(26)25-11-9-24(10-12-25)8-2-5-18-22-19(23-27-18)17-4-3-13-28-17/h3-4,6-7,13-14H,2,5,8-12H2,1H3. The van der Waals surface area contributed by atoms with Crippen LogP contribution in [-0.4, -0.2) is 63.6 Å². The number of hydrogen-bond acceptors (Lipinski definition) is 7. The molecule has 0 saturated carbocycles. The number of carbonyl (C=O) groups excluding carboxylic acids is 1. The Bertz CT molecular complexity index is 899. The number of pyridine rings is 1. The molecule has 3 aromatic rings. The largest absolute Gasteiger partial charge is 0.339 e. The van der Waals surface area contributed by atoms with Crippen molar-refractivity contribution in [1.29, 1.82) is 0 Å². The zero-order chi connectivity index (χ0) is 19.3. The van der Waals surface area contributed by atoms with E-state index >= 15 is 0 Å². The maximum Gasteiger partial charge on any atom is 0.255 e. The van der Waals surface area contributed by atoms with Crippen molar-refractivity contribution < 1.29 is 9.32 Å². The highest BCUT2D eigenvalue weighted by molar-refractivity contribution is 7.13. The summed E-state index contributed by atoms with van der Waals surface area (Å²) in [5.74, 6) is 1.42. The lowest BCUT2D eigenvalue weighted by molar-refractivity contribution is 0.0635. The Morgan fingerprint density at radius 1 is 1.21 bits per heavy atom. The Morgan fingerprint density at radius 3 is 2.79 bits per heavy atom. The zero-order valence-electron chi connectivity index (χ0n) is 15.9. The van der Waals surface area contributed by atoms with Gasteiger partial charge in [-0.25, -0.2) is 0 Å². The number of aryl methyl sites for hydroxylation is 2. The molecule has 28 heavy (non-hydrogen) atoms. The molecule has 1 saturated heterocycles. The first-order chi connectivity index (χ1) is 13.7. The third-order valence-electron chi connectivity index (χ3n) is 4.89. The molecule has 4 rings (SSSR count). The molecule has 0 unspecified atom stereocenters. The molecular formula is C20H23N5O2S. The molecule has 146 valence electrons. The second kappa shape index (κ2) is 8.62. The second-order valence-electron chi connectivity index (χ2n) is 6.91. The van der Waals surface area contributed by atoms with Crippen LogP contribution in [0.5, 0.6) is 0 Å². The number of nitrogens with zero attached hydrogens (tertiary/aromatic N) is 5. The highest BCUT2D eigenvalue weighted by Crippen LogP contribution is 2.21. The fourth-order valence-electron chi connectivity index (χ4n) is 3.27. The smallest absolute Gasteiger partial charge is 0.255 e. The molecular weight excluding hydrogens is 374 g/mol. The summed E-state index contributed by atoms with van der Waals surface area (Å²) >= 11 is 1.61. The minimum atomic E-state index is 0.0686. The molecule has 1 fully saturated rings. The highest BCUT2D eigenvalue weighted by Gasteiger charge is 2.22. The summed E-state index contributed by atoms with van der Waals surface area (Å²) < 4.78 is 5.35. The first-order valence-electron chi connectivity index (χ1n) is 9.50. The summed E-state index contributed by atoms with van der Waals surface area (Å²) in [5.41, 5.74) is 1.59. The topological polar surface area (TPSA) is 75.4 Å². The first-order valence-corrected chi connectivity index (χ1v) is 10.4. The van der Waals surface area contributed by atoms with Gasteiger partial charge in [-0.15, -0.1) is 11.3 Å². The van der Waals surface area contributed by atoms with Crippen molar-refractivity contribution in [3.05, 3.63) is 53.0 Å². The van der Waals surface area contributed by atoms with Crippen LogP contribution in [0.1, 0.15) is 28.4 Å². The highest BCUT2D eigenvalue weighted by atomic mass is 32.1. The molecule has 1 aliphatic heterocycles. The van der Waals surface area contributed by atoms with Crippen LogP contribution in [0.15, 0.2) is 40.4 Å². The van der Waals surface area contributed by atoms with Crippen molar-refractivity contribution in [1.82, 2.24) is 24.9 Å². The van der Waals surface area contributed by atoms with Crippen molar-refractivity contribution in [2.24, 2.45) is 0 Å². The third kappa shape index (κ3) is 4.45. The van der Waals surface area contributed by atoms with Gasteiger partial charge in [0.25, 0.3) is 5.91 Å². The molecule has 0 aliphatic carbocycles. The van der Waals surface area contributed by atoms with Crippen LogP contribution < -0.4 is 0 Å². The lowest BCUT2D eigenvalue weighted by Gasteiger charge is -2.34. The van der Waals surface area contributed by atoms with E-state index in [4.69, 9.17) is 4.52 Å². The van der Waals surface area contributed by atoms with Crippen LogP contribution in [0, 0.1) is 6.92 Å². The van der Waals surface area contributed by atoms with E-state index in [9.17, 15) is 4.79 Å². The van der Waals surface area contributed by atoms with Crippen LogP contribution in [0.4, 0.5) is 0 Å². The van der Waals surface area contributed by atoms with Crippen molar-refractivity contribution in [2.45, 2.75) is 19.8 Å². The molecule has 0 aromatic carbocycles. The van der Waals surface area contributed by atoms with E-state index < -0.39 is 0 Å². The summed E-state index contributed by atoms with van der Waals surface area (Å²) in [5, 5.41) is 6.05. The lowest BCUT2D eigenvalue weighted by atomic mass is 10.2. The Balaban J connectivity index is 1.21. The second-order valence-corrected chi connectivity index (χ2v) is 7.86. The number of amides is 1. The van der Waals surface area contributed by atoms with E-state index in [-0.39, 0.29) is 5.91 Å². The average Bonchev–Trinajstić information content (AvgIpc) is 3.40. The van der Waals surface area contributed by atoms with E-state index in [1.165, 1.54) is 0 Å². The van der Waals surface area contributed by atoms with Crippen molar-refractivity contribution >= 4 is 17.2 Å². The number of thiophene rings is 1.